The first-order chi connectivity index (χ1) is 6.56. The van der Waals surface area contributed by atoms with E-state index in [1.807, 2.05) is 0 Å². The molecule has 0 rings (SSSR count). The molecule has 86 valence electrons. The lowest BCUT2D eigenvalue weighted by Gasteiger charge is -2.27. The van der Waals surface area contributed by atoms with Crippen LogP contribution in [0, 0.1) is 5.92 Å². The van der Waals surface area contributed by atoms with Crippen LogP contribution in [0.5, 0.6) is 0 Å². The van der Waals surface area contributed by atoms with E-state index in [4.69, 9.17) is 19.7 Å². The molecule has 0 fully saturated rings. The van der Waals surface area contributed by atoms with Crippen LogP contribution in [-0.2, 0) is 9.47 Å². The summed E-state index contributed by atoms with van der Waals surface area (Å²) in [7, 11) is 1.45. The zero-order valence-corrected chi connectivity index (χ0v) is 8.88. The van der Waals surface area contributed by atoms with Crippen LogP contribution >= 0.6 is 0 Å². The Bertz CT molecular complexity index is 139. The standard InChI is InChI=1S/C9H20O5/c1-6(4-10)9(13-3)14-8(5-11)7(2)12/h6-12H,4-5H2,1-3H3/t6-,7?,8?,9?/m0/s1. The van der Waals surface area contributed by atoms with E-state index in [2.05, 4.69) is 0 Å². The Kier molecular flexibility index (Phi) is 7.04. The van der Waals surface area contributed by atoms with E-state index in [0.717, 1.165) is 0 Å². The number of ether oxygens (including phenoxy) is 2. The molecule has 0 bridgehead atoms. The van der Waals surface area contributed by atoms with Gasteiger partial charge < -0.3 is 24.8 Å². The molecule has 0 radical (unpaired) electrons. The lowest BCUT2D eigenvalue weighted by atomic mass is 10.2. The van der Waals surface area contributed by atoms with Gasteiger partial charge in [-0.25, -0.2) is 0 Å². The largest absolute Gasteiger partial charge is 0.396 e. The van der Waals surface area contributed by atoms with E-state index in [0.29, 0.717) is 0 Å². The third-order valence-corrected chi connectivity index (χ3v) is 2.01. The van der Waals surface area contributed by atoms with Crippen LogP contribution in [-0.4, -0.2) is 54.1 Å². The van der Waals surface area contributed by atoms with Gasteiger partial charge in [0.2, 0.25) is 0 Å². The van der Waals surface area contributed by atoms with Crippen molar-refractivity contribution in [3.63, 3.8) is 0 Å². The molecule has 0 aliphatic heterocycles. The van der Waals surface area contributed by atoms with Crippen LogP contribution in [0.25, 0.3) is 0 Å². The van der Waals surface area contributed by atoms with E-state index in [1.165, 1.54) is 14.0 Å². The first kappa shape index (κ1) is 13.8. The van der Waals surface area contributed by atoms with Gasteiger partial charge in [-0.15, -0.1) is 0 Å². The molecular weight excluding hydrogens is 188 g/mol. The smallest absolute Gasteiger partial charge is 0.162 e. The van der Waals surface area contributed by atoms with E-state index in [1.54, 1.807) is 6.92 Å². The van der Waals surface area contributed by atoms with Crippen molar-refractivity contribution in [3.05, 3.63) is 0 Å². The summed E-state index contributed by atoms with van der Waals surface area (Å²) in [5.74, 6) is -0.201. The predicted molar refractivity (Wildman–Crippen MR) is 50.7 cm³/mol. The van der Waals surface area contributed by atoms with Crippen molar-refractivity contribution in [3.8, 4) is 0 Å². The Morgan fingerprint density at radius 3 is 2.00 bits per heavy atom. The number of hydrogen-bond donors (Lipinski definition) is 3. The van der Waals surface area contributed by atoms with Gasteiger partial charge in [0.15, 0.2) is 6.29 Å². The fourth-order valence-corrected chi connectivity index (χ4v) is 0.990. The van der Waals surface area contributed by atoms with Gasteiger partial charge in [-0.3, -0.25) is 0 Å². The molecule has 0 aliphatic carbocycles. The van der Waals surface area contributed by atoms with Crippen molar-refractivity contribution in [1.29, 1.82) is 0 Å². The molecule has 5 nitrogen and oxygen atoms in total. The lowest BCUT2D eigenvalue weighted by molar-refractivity contribution is -0.211. The first-order valence-corrected chi connectivity index (χ1v) is 4.64. The Balaban J connectivity index is 4.13. The molecule has 14 heavy (non-hydrogen) atoms. The van der Waals surface area contributed by atoms with Gasteiger partial charge >= 0.3 is 0 Å². The molecule has 0 aliphatic rings. The maximum Gasteiger partial charge on any atom is 0.162 e. The summed E-state index contributed by atoms with van der Waals surface area (Å²) < 4.78 is 10.3. The van der Waals surface area contributed by atoms with Crippen molar-refractivity contribution in [1.82, 2.24) is 0 Å². The summed E-state index contributed by atoms with van der Waals surface area (Å²) in [6.45, 7) is 2.92. The highest BCUT2D eigenvalue weighted by molar-refractivity contribution is 4.66. The Hall–Kier alpha value is -0.200. The van der Waals surface area contributed by atoms with Gasteiger partial charge in [0, 0.05) is 13.0 Å². The van der Waals surface area contributed by atoms with E-state index >= 15 is 0 Å². The molecule has 3 N–H and O–H groups in total. The number of hydrogen-bond acceptors (Lipinski definition) is 5. The van der Waals surface area contributed by atoms with Crippen LogP contribution in [0.15, 0.2) is 0 Å². The predicted octanol–water partition coefficient (Wildman–Crippen LogP) is -0.654. The van der Waals surface area contributed by atoms with E-state index in [-0.39, 0.29) is 19.1 Å². The quantitative estimate of drug-likeness (QED) is 0.484. The Morgan fingerprint density at radius 2 is 1.71 bits per heavy atom. The van der Waals surface area contributed by atoms with Gasteiger partial charge in [-0.1, -0.05) is 6.92 Å². The fraction of sp³-hybridized carbons (Fsp3) is 1.00. The molecule has 0 spiro atoms. The molecule has 5 heteroatoms. The molecule has 0 amide bonds. The van der Waals surface area contributed by atoms with Crippen LogP contribution in [0.3, 0.4) is 0 Å². The molecule has 0 saturated heterocycles. The molecule has 0 heterocycles. The van der Waals surface area contributed by atoms with Gasteiger partial charge in [-0.2, -0.15) is 0 Å². The molecule has 3 unspecified atom stereocenters. The Morgan fingerprint density at radius 1 is 1.14 bits per heavy atom. The number of methoxy groups -OCH3 is 1. The normalized spacial score (nSPS) is 20.1. The lowest BCUT2D eigenvalue weighted by Crippen LogP contribution is -2.38. The minimum absolute atomic E-state index is 0.0730. The van der Waals surface area contributed by atoms with Crippen molar-refractivity contribution >= 4 is 0 Å². The third-order valence-electron chi connectivity index (χ3n) is 2.01. The average molecular weight is 208 g/mol. The van der Waals surface area contributed by atoms with Crippen LogP contribution < -0.4 is 0 Å². The highest BCUT2D eigenvalue weighted by Gasteiger charge is 2.23. The SMILES string of the molecule is COC(OC(CO)C(C)O)[C@@H](C)CO. The molecule has 0 saturated carbocycles. The zero-order valence-electron chi connectivity index (χ0n) is 8.88. The van der Waals surface area contributed by atoms with Gasteiger partial charge in [0.05, 0.1) is 19.3 Å². The second kappa shape index (κ2) is 7.14. The maximum absolute atomic E-state index is 9.21. The summed E-state index contributed by atoms with van der Waals surface area (Å²) in [5.41, 5.74) is 0. The molecule has 0 aromatic heterocycles. The van der Waals surface area contributed by atoms with Crippen LogP contribution in [0.1, 0.15) is 13.8 Å². The number of aliphatic hydroxyl groups excluding tert-OH is 3. The topological polar surface area (TPSA) is 79.2 Å². The van der Waals surface area contributed by atoms with Crippen LogP contribution in [0.2, 0.25) is 0 Å². The van der Waals surface area contributed by atoms with E-state index in [9.17, 15) is 5.11 Å². The summed E-state index contributed by atoms with van der Waals surface area (Å²) >= 11 is 0. The van der Waals surface area contributed by atoms with Crippen molar-refractivity contribution in [2.24, 2.45) is 5.92 Å². The van der Waals surface area contributed by atoms with Crippen molar-refractivity contribution in [2.45, 2.75) is 32.3 Å². The summed E-state index contributed by atoms with van der Waals surface area (Å²) in [4.78, 5) is 0. The second-order valence-electron chi connectivity index (χ2n) is 3.36. The minimum Gasteiger partial charge on any atom is -0.396 e. The van der Waals surface area contributed by atoms with Gasteiger partial charge in [0.1, 0.15) is 6.10 Å². The Labute approximate surface area is 84.3 Å². The second-order valence-corrected chi connectivity index (χ2v) is 3.36. The molecule has 4 atom stereocenters. The zero-order chi connectivity index (χ0) is 11.1. The van der Waals surface area contributed by atoms with Gasteiger partial charge in [0.25, 0.3) is 0 Å². The number of aliphatic hydroxyl groups is 3. The van der Waals surface area contributed by atoms with Crippen LogP contribution in [0.4, 0.5) is 0 Å². The summed E-state index contributed by atoms with van der Waals surface area (Å²) in [6, 6.07) is 0. The van der Waals surface area contributed by atoms with Crippen molar-refractivity contribution in [2.75, 3.05) is 20.3 Å². The first-order valence-electron chi connectivity index (χ1n) is 4.64. The minimum atomic E-state index is -0.774. The highest BCUT2D eigenvalue weighted by Crippen LogP contribution is 2.12. The molecule has 0 aromatic carbocycles. The highest BCUT2D eigenvalue weighted by atomic mass is 16.7. The average Bonchev–Trinajstić information content (AvgIpc) is 2.18. The maximum atomic E-state index is 9.21. The third kappa shape index (κ3) is 4.34. The monoisotopic (exact) mass is 208 g/mol. The van der Waals surface area contributed by atoms with E-state index < -0.39 is 18.5 Å². The summed E-state index contributed by atoms with van der Waals surface area (Å²) in [5, 5.41) is 27.0. The van der Waals surface area contributed by atoms with Crippen molar-refractivity contribution < 1.29 is 24.8 Å². The molecule has 0 aromatic rings. The number of rotatable bonds is 7. The summed E-state index contributed by atoms with van der Waals surface area (Å²) in [6.07, 6.45) is -2.08. The fourth-order valence-electron chi connectivity index (χ4n) is 0.990. The van der Waals surface area contributed by atoms with Gasteiger partial charge in [-0.05, 0) is 6.92 Å². The molecular formula is C9H20O5.